The first-order valence-corrected chi connectivity index (χ1v) is 13.8. The van der Waals surface area contributed by atoms with Crippen molar-refractivity contribution in [2.45, 2.75) is 39.4 Å². The minimum atomic E-state index is -1.43. The second-order valence-corrected chi connectivity index (χ2v) is 10.3. The Morgan fingerprint density at radius 1 is 0.833 bits per heavy atom. The Kier molecular flexibility index (Phi) is 8.58. The Bertz CT molecular complexity index is 1640. The van der Waals surface area contributed by atoms with E-state index in [4.69, 9.17) is 18.6 Å². The maximum Gasteiger partial charge on any atom is 0.347 e. The number of ether oxygens (including phenoxy) is 3. The van der Waals surface area contributed by atoms with Crippen molar-refractivity contribution in [1.82, 2.24) is 4.98 Å². The van der Waals surface area contributed by atoms with E-state index >= 15 is 0 Å². The van der Waals surface area contributed by atoms with E-state index in [1.165, 1.54) is 13.8 Å². The van der Waals surface area contributed by atoms with Crippen LogP contribution in [-0.4, -0.2) is 28.3 Å². The highest BCUT2D eigenvalue weighted by Crippen LogP contribution is 2.33. The van der Waals surface area contributed by atoms with Gasteiger partial charge in [0.15, 0.2) is 5.60 Å². The monoisotopic (exact) mass is 563 g/mol. The Balaban J connectivity index is 1.33. The molecule has 0 bridgehead atoms. The molecule has 4 aromatic carbocycles. The van der Waals surface area contributed by atoms with Crippen molar-refractivity contribution in [2.24, 2.45) is 0 Å². The fraction of sp³-hybridized carbons (Fsp3) is 0.200. The van der Waals surface area contributed by atoms with Crippen LogP contribution in [0.4, 0.5) is 0 Å². The van der Waals surface area contributed by atoms with Crippen LogP contribution in [0.5, 0.6) is 17.2 Å². The number of aryl methyl sites for hydroxylation is 1. The number of carboxylic acids is 1. The molecule has 5 aromatic rings. The van der Waals surface area contributed by atoms with E-state index in [0.29, 0.717) is 41.7 Å². The number of carbonyl (C=O) groups is 1. The first kappa shape index (κ1) is 28.5. The summed E-state index contributed by atoms with van der Waals surface area (Å²) in [6.07, 6.45) is 0.558. The van der Waals surface area contributed by atoms with Crippen LogP contribution in [0.25, 0.3) is 22.6 Å². The summed E-state index contributed by atoms with van der Waals surface area (Å²) < 4.78 is 24.2. The third-order valence-electron chi connectivity index (χ3n) is 6.79. The maximum absolute atomic E-state index is 11.8. The molecule has 0 radical (unpaired) electrons. The molecule has 1 aromatic heterocycles. The van der Waals surface area contributed by atoms with E-state index in [-0.39, 0.29) is 6.61 Å². The minimum absolute atomic E-state index is 0.148. The van der Waals surface area contributed by atoms with Crippen molar-refractivity contribution < 1.29 is 28.5 Å². The molecule has 7 heteroatoms. The quantitative estimate of drug-likeness (QED) is 0.166. The summed E-state index contributed by atoms with van der Waals surface area (Å²) in [5.41, 5.74) is 2.97. The van der Waals surface area contributed by atoms with E-state index in [1.807, 2.05) is 97.9 Å². The molecule has 5 rings (SSSR count). The smallest absolute Gasteiger partial charge is 0.347 e. The van der Waals surface area contributed by atoms with Gasteiger partial charge in [0.2, 0.25) is 5.89 Å². The Morgan fingerprint density at radius 3 is 2.21 bits per heavy atom. The van der Waals surface area contributed by atoms with Crippen molar-refractivity contribution in [3.8, 4) is 39.8 Å². The van der Waals surface area contributed by atoms with Crippen LogP contribution in [0.1, 0.15) is 30.9 Å². The third-order valence-corrected chi connectivity index (χ3v) is 6.79. The number of aliphatic carboxylic acids is 1. The summed E-state index contributed by atoms with van der Waals surface area (Å²) in [4.78, 5) is 16.4. The van der Waals surface area contributed by atoms with Crippen LogP contribution in [0, 0.1) is 6.92 Å². The van der Waals surface area contributed by atoms with Gasteiger partial charge < -0.3 is 23.7 Å². The van der Waals surface area contributed by atoms with Gasteiger partial charge in [-0.15, -0.1) is 0 Å². The van der Waals surface area contributed by atoms with E-state index < -0.39 is 11.6 Å². The predicted octanol–water partition coefficient (Wildman–Crippen LogP) is 7.76. The van der Waals surface area contributed by atoms with E-state index in [9.17, 15) is 9.90 Å². The lowest BCUT2D eigenvalue weighted by molar-refractivity contribution is -0.152. The fourth-order valence-corrected chi connectivity index (χ4v) is 4.41. The molecule has 0 aliphatic heterocycles. The highest BCUT2D eigenvalue weighted by Gasteiger charge is 2.30. The molecule has 0 aliphatic rings. The molecule has 0 unspecified atom stereocenters. The van der Waals surface area contributed by atoms with Crippen LogP contribution in [0.2, 0.25) is 0 Å². The number of hydrogen-bond acceptors (Lipinski definition) is 6. The number of carboxylic acid groups (broad SMARTS) is 1. The van der Waals surface area contributed by atoms with Crippen molar-refractivity contribution in [3.63, 3.8) is 0 Å². The zero-order valence-electron chi connectivity index (χ0n) is 23.9. The zero-order chi connectivity index (χ0) is 29.5. The number of nitrogens with zero attached hydrogens (tertiary/aromatic N) is 1. The van der Waals surface area contributed by atoms with Gasteiger partial charge in [0.25, 0.3) is 0 Å². The van der Waals surface area contributed by atoms with Crippen molar-refractivity contribution in [1.29, 1.82) is 0 Å². The fourth-order valence-electron chi connectivity index (χ4n) is 4.41. The average Bonchev–Trinajstić information content (AvgIpc) is 3.38. The largest absolute Gasteiger partial charge is 0.493 e. The lowest BCUT2D eigenvalue weighted by Gasteiger charge is -2.24. The van der Waals surface area contributed by atoms with Crippen LogP contribution < -0.4 is 14.2 Å². The molecule has 42 heavy (non-hydrogen) atoms. The first-order chi connectivity index (χ1) is 20.3. The van der Waals surface area contributed by atoms with Gasteiger partial charge in [0, 0.05) is 23.1 Å². The summed E-state index contributed by atoms with van der Waals surface area (Å²) >= 11 is 0. The van der Waals surface area contributed by atoms with Gasteiger partial charge in [-0.2, -0.15) is 0 Å². The van der Waals surface area contributed by atoms with Gasteiger partial charge in [-0.3, -0.25) is 0 Å². The zero-order valence-corrected chi connectivity index (χ0v) is 23.9. The van der Waals surface area contributed by atoms with Gasteiger partial charge in [0.1, 0.15) is 29.6 Å². The Hall–Kier alpha value is -5.04. The second-order valence-electron chi connectivity index (χ2n) is 10.3. The molecule has 1 N–H and O–H groups in total. The topological polar surface area (TPSA) is 91.0 Å². The molecule has 0 amide bonds. The normalized spacial score (nSPS) is 11.2. The molecule has 1 heterocycles. The number of rotatable bonds is 12. The Morgan fingerprint density at radius 2 is 1.50 bits per heavy atom. The highest BCUT2D eigenvalue weighted by molar-refractivity contribution is 5.77. The first-order valence-electron chi connectivity index (χ1n) is 13.8. The summed E-state index contributed by atoms with van der Waals surface area (Å²) in [5, 5.41) is 9.65. The number of aromatic nitrogens is 1. The molecule has 0 spiro atoms. The van der Waals surface area contributed by atoms with Crippen LogP contribution in [0.3, 0.4) is 0 Å². The molecule has 7 nitrogen and oxygen atoms in total. The van der Waals surface area contributed by atoms with Crippen LogP contribution >= 0.6 is 0 Å². The van der Waals surface area contributed by atoms with Gasteiger partial charge >= 0.3 is 5.97 Å². The standard InChI is InChI=1S/C35H33NO6/c1-24-30(36-33(41-24)26-14-8-5-9-15-26)20-21-39-28-18-19-31(42-35(2,3)34(37)38)27(22-28)23-40-32-17-11-10-16-29(32)25-12-6-4-7-13-25/h4-19,22H,20-21,23H2,1-3H3,(H,37,38). The molecule has 214 valence electrons. The van der Waals surface area contributed by atoms with E-state index in [1.54, 1.807) is 12.1 Å². The summed E-state index contributed by atoms with van der Waals surface area (Å²) in [6, 6.07) is 32.9. The number of benzene rings is 4. The Labute approximate surface area is 245 Å². The molecular weight excluding hydrogens is 530 g/mol. The van der Waals surface area contributed by atoms with E-state index in [0.717, 1.165) is 28.1 Å². The average molecular weight is 564 g/mol. The van der Waals surface area contributed by atoms with Gasteiger partial charge in [-0.25, -0.2) is 9.78 Å². The van der Waals surface area contributed by atoms with Crippen molar-refractivity contribution in [2.75, 3.05) is 6.61 Å². The van der Waals surface area contributed by atoms with Gasteiger partial charge in [-0.1, -0.05) is 66.7 Å². The molecule has 0 atom stereocenters. The summed E-state index contributed by atoms with van der Waals surface area (Å²) in [5.74, 6) is 1.99. The number of hydrogen-bond donors (Lipinski definition) is 1. The lowest BCUT2D eigenvalue weighted by atomic mass is 10.0. The maximum atomic E-state index is 11.8. The van der Waals surface area contributed by atoms with Gasteiger partial charge in [0.05, 0.1) is 12.3 Å². The summed E-state index contributed by atoms with van der Waals surface area (Å²) in [7, 11) is 0. The summed E-state index contributed by atoms with van der Waals surface area (Å²) in [6.45, 7) is 5.44. The molecule has 0 saturated carbocycles. The lowest BCUT2D eigenvalue weighted by Crippen LogP contribution is -2.38. The van der Waals surface area contributed by atoms with Crippen molar-refractivity contribution >= 4 is 5.97 Å². The minimum Gasteiger partial charge on any atom is -0.493 e. The van der Waals surface area contributed by atoms with Crippen LogP contribution in [0.15, 0.2) is 108 Å². The highest BCUT2D eigenvalue weighted by atomic mass is 16.5. The van der Waals surface area contributed by atoms with Gasteiger partial charge in [-0.05, 0) is 62.7 Å². The SMILES string of the molecule is Cc1oc(-c2ccccc2)nc1CCOc1ccc(OC(C)(C)C(=O)O)c(COc2ccccc2-c2ccccc2)c1. The predicted molar refractivity (Wildman–Crippen MR) is 161 cm³/mol. The molecule has 0 fully saturated rings. The third kappa shape index (κ3) is 6.81. The van der Waals surface area contributed by atoms with Crippen molar-refractivity contribution in [3.05, 3.63) is 120 Å². The molecule has 0 saturated heterocycles. The number of oxazole rings is 1. The molecule has 0 aliphatic carbocycles. The van der Waals surface area contributed by atoms with E-state index in [2.05, 4.69) is 4.98 Å². The molecular formula is C35H33NO6. The number of para-hydroxylation sites is 1. The second kappa shape index (κ2) is 12.6. The van der Waals surface area contributed by atoms with Crippen LogP contribution in [-0.2, 0) is 17.8 Å².